The molecule has 0 atom stereocenters. The summed E-state index contributed by atoms with van der Waals surface area (Å²) in [4.78, 5) is 12.0. The molecule has 0 saturated carbocycles. The Bertz CT molecular complexity index is 468. The van der Waals surface area contributed by atoms with Crippen molar-refractivity contribution < 1.29 is 9.18 Å². The number of carbonyl (C=O) groups is 1. The van der Waals surface area contributed by atoms with Gasteiger partial charge in [-0.05, 0) is 61.5 Å². The van der Waals surface area contributed by atoms with Gasteiger partial charge in [-0.15, -0.1) is 0 Å². The summed E-state index contributed by atoms with van der Waals surface area (Å²) >= 11 is 0. The molecule has 1 aromatic carbocycles. The van der Waals surface area contributed by atoms with Crippen molar-refractivity contribution in [3.63, 3.8) is 0 Å². The Morgan fingerprint density at radius 2 is 2.05 bits per heavy atom. The highest BCUT2D eigenvalue weighted by molar-refractivity contribution is 5.94. The van der Waals surface area contributed by atoms with Crippen molar-refractivity contribution in [1.82, 2.24) is 10.6 Å². The van der Waals surface area contributed by atoms with E-state index >= 15 is 0 Å². The van der Waals surface area contributed by atoms with Crippen LogP contribution in [0.25, 0.3) is 0 Å². The fourth-order valence-electron chi connectivity index (χ4n) is 2.53. The summed E-state index contributed by atoms with van der Waals surface area (Å²) in [6.45, 7) is 6.59. The van der Waals surface area contributed by atoms with Gasteiger partial charge in [0.25, 0.3) is 5.91 Å². The first-order valence-corrected chi connectivity index (χ1v) is 7.35. The van der Waals surface area contributed by atoms with Crippen LogP contribution in [0.5, 0.6) is 0 Å². The van der Waals surface area contributed by atoms with Crippen LogP contribution in [-0.4, -0.2) is 25.5 Å². The van der Waals surface area contributed by atoms with Crippen molar-refractivity contribution in [2.24, 2.45) is 5.92 Å². The normalized spacial score (nSPS) is 16.4. The van der Waals surface area contributed by atoms with Crippen LogP contribution in [0.1, 0.15) is 48.5 Å². The second-order valence-corrected chi connectivity index (χ2v) is 5.90. The van der Waals surface area contributed by atoms with Gasteiger partial charge >= 0.3 is 0 Å². The summed E-state index contributed by atoms with van der Waals surface area (Å²) in [5, 5.41) is 6.13. The zero-order valence-electron chi connectivity index (χ0n) is 12.2. The molecule has 0 radical (unpaired) electrons. The lowest BCUT2D eigenvalue weighted by atomic mass is 9.89. The van der Waals surface area contributed by atoms with Crippen LogP contribution in [0.2, 0.25) is 0 Å². The van der Waals surface area contributed by atoms with Crippen molar-refractivity contribution in [3.05, 3.63) is 35.1 Å². The lowest BCUT2D eigenvalue weighted by Gasteiger charge is -2.23. The van der Waals surface area contributed by atoms with Gasteiger partial charge in [-0.3, -0.25) is 4.79 Å². The lowest BCUT2D eigenvalue weighted by molar-refractivity contribution is 0.0948. The largest absolute Gasteiger partial charge is 0.352 e. The predicted octanol–water partition coefficient (Wildman–Crippen LogP) is 2.68. The topological polar surface area (TPSA) is 41.1 Å². The molecule has 0 aliphatic carbocycles. The zero-order chi connectivity index (χ0) is 14.5. The molecule has 2 rings (SSSR count). The molecule has 1 fully saturated rings. The third kappa shape index (κ3) is 4.04. The summed E-state index contributed by atoms with van der Waals surface area (Å²) in [5.41, 5.74) is 1.38. The highest BCUT2D eigenvalue weighted by Crippen LogP contribution is 2.26. The molecule has 2 N–H and O–H groups in total. The van der Waals surface area contributed by atoms with Gasteiger partial charge in [-0.25, -0.2) is 4.39 Å². The smallest absolute Gasteiger partial charge is 0.251 e. The summed E-state index contributed by atoms with van der Waals surface area (Å²) in [5.74, 6) is 0.226. The fraction of sp³-hybridized carbons (Fsp3) is 0.562. The quantitative estimate of drug-likeness (QED) is 0.889. The molecule has 0 spiro atoms. The van der Waals surface area contributed by atoms with Crippen molar-refractivity contribution in [2.75, 3.05) is 19.6 Å². The number of benzene rings is 1. The molecule has 1 aliphatic rings. The van der Waals surface area contributed by atoms with Gasteiger partial charge in [0.15, 0.2) is 0 Å². The van der Waals surface area contributed by atoms with E-state index in [-0.39, 0.29) is 11.7 Å². The van der Waals surface area contributed by atoms with Gasteiger partial charge in [0, 0.05) is 12.1 Å². The number of piperidine rings is 1. The Hall–Kier alpha value is -1.42. The summed E-state index contributed by atoms with van der Waals surface area (Å²) < 4.78 is 13.7. The van der Waals surface area contributed by atoms with Gasteiger partial charge in [-0.2, -0.15) is 0 Å². The van der Waals surface area contributed by atoms with E-state index < -0.39 is 0 Å². The Morgan fingerprint density at radius 1 is 1.35 bits per heavy atom. The number of hydrogen-bond acceptors (Lipinski definition) is 2. The second-order valence-electron chi connectivity index (χ2n) is 5.90. The molecular formula is C16H23FN2O. The highest BCUT2D eigenvalue weighted by Gasteiger charge is 2.18. The van der Waals surface area contributed by atoms with E-state index in [2.05, 4.69) is 10.6 Å². The number of carbonyl (C=O) groups excluding carboxylic acids is 1. The Balaban J connectivity index is 2.13. The Kier molecular flexibility index (Phi) is 5.12. The molecular weight excluding hydrogens is 255 g/mol. The number of rotatable bonds is 4. The summed E-state index contributed by atoms with van der Waals surface area (Å²) in [7, 11) is 0. The van der Waals surface area contributed by atoms with Crippen LogP contribution in [0.4, 0.5) is 4.39 Å². The molecule has 1 aromatic rings. The van der Waals surface area contributed by atoms with E-state index in [9.17, 15) is 9.18 Å². The van der Waals surface area contributed by atoms with Gasteiger partial charge in [0.1, 0.15) is 5.82 Å². The molecule has 110 valence electrons. The summed E-state index contributed by atoms with van der Waals surface area (Å²) in [6.07, 6.45) is 1.99. The van der Waals surface area contributed by atoms with Crippen molar-refractivity contribution in [1.29, 1.82) is 0 Å². The van der Waals surface area contributed by atoms with E-state index in [4.69, 9.17) is 0 Å². The molecule has 3 nitrogen and oxygen atoms in total. The van der Waals surface area contributed by atoms with E-state index in [1.807, 2.05) is 19.9 Å². The maximum atomic E-state index is 13.7. The number of nitrogens with one attached hydrogen (secondary N) is 2. The van der Waals surface area contributed by atoms with Crippen LogP contribution in [0.15, 0.2) is 18.2 Å². The zero-order valence-corrected chi connectivity index (χ0v) is 12.2. The summed E-state index contributed by atoms with van der Waals surface area (Å²) in [6, 6.07) is 4.73. The molecule has 0 aromatic heterocycles. The molecule has 0 bridgehead atoms. The Morgan fingerprint density at radius 3 is 2.70 bits per heavy atom. The van der Waals surface area contributed by atoms with Crippen molar-refractivity contribution in [3.8, 4) is 0 Å². The molecule has 20 heavy (non-hydrogen) atoms. The van der Waals surface area contributed by atoms with Crippen LogP contribution >= 0.6 is 0 Å². The first-order valence-electron chi connectivity index (χ1n) is 7.35. The average molecular weight is 278 g/mol. The SMILES string of the molecule is CC(C)CNC(=O)c1cc(F)cc(C2CCNCC2)c1. The highest BCUT2D eigenvalue weighted by atomic mass is 19.1. The van der Waals surface area contributed by atoms with E-state index in [0.717, 1.165) is 31.5 Å². The first kappa shape index (κ1) is 15.0. The molecule has 1 saturated heterocycles. The van der Waals surface area contributed by atoms with Crippen LogP contribution < -0.4 is 10.6 Å². The monoisotopic (exact) mass is 278 g/mol. The third-order valence-corrected chi connectivity index (χ3v) is 3.66. The van der Waals surface area contributed by atoms with Crippen molar-refractivity contribution in [2.45, 2.75) is 32.6 Å². The minimum absolute atomic E-state index is 0.187. The van der Waals surface area contributed by atoms with Gasteiger partial charge in [0.05, 0.1) is 0 Å². The van der Waals surface area contributed by atoms with E-state index in [0.29, 0.717) is 23.9 Å². The van der Waals surface area contributed by atoms with Crippen LogP contribution in [0.3, 0.4) is 0 Å². The fourth-order valence-corrected chi connectivity index (χ4v) is 2.53. The number of hydrogen-bond donors (Lipinski definition) is 2. The maximum absolute atomic E-state index is 13.7. The predicted molar refractivity (Wildman–Crippen MR) is 78.4 cm³/mol. The Labute approximate surface area is 120 Å². The molecule has 1 amide bonds. The minimum Gasteiger partial charge on any atom is -0.352 e. The van der Waals surface area contributed by atoms with Crippen molar-refractivity contribution >= 4 is 5.91 Å². The van der Waals surface area contributed by atoms with Gasteiger partial charge < -0.3 is 10.6 Å². The van der Waals surface area contributed by atoms with Gasteiger partial charge in [0.2, 0.25) is 0 Å². The number of halogens is 1. The van der Waals surface area contributed by atoms with Crippen LogP contribution in [0, 0.1) is 11.7 Å². The van der Waals surface area contributed by atoms with Gasteiger partial charge in [-0.1, -0.05) is 13.8 Å². The average Bonchev–Trinajstić information content (AvgIpc) is 2.45. The van der Waals surface area contributed by atoms with E-state index in [1.54, 1.807) is 6.07 Å². The maximum Gasteiger partial charge on any atom is 0.251 e. The van der Waals surface area contributed by atoms with E-state index in [1.165, 1.54) is 6.07 Å². The second kappa shape index (κ2) is 6.84. The molecule has 1 heterocycles. The molecule has 4 heteroatoms. The molecule has 0 unspecified atom stereocenters. The molecule has 1 aliphatic heterocycles. The number of amides is 1. The first-order chi connectivity index (χ1) is 9.56. The lowest BCUT2D eigenvalue weighted by Crippen LogP contribution is -2.28. The van der Waals surface area contributed by atoms with Crippen LogP contribution in [-0.2, 0) is 0 Å². The standard InChI is InChI=1S/C16H23FN2O/c1-11(2)10-19-16(20)14-7-13(8-15(17)9-14)12-3-5-18-6-4-12/h7-9,11-12,18H,3-6,10H2,1-2H3,(H,19,20). The minimum atomic E-state index is -0.323. The third-order valence-electron chi connectivity index (χ3n) is 3.66.